The van der Waals surface area contributed by atoms with Crippen LogP contribution in [-0.4, -0.2) is 44.8 Å². The molecule has 0 bridgehead atoms. The van der Waals surface area contributed by atoms with Crippen molar-refractivity contribution in [1.29, 1.82) is 0 Å². The standard InChI is InChI=1S/C16H15ClFN3O3/c17-12-4-1-3-11(13(12)18)14(22)20-9-5-16(6-10-20,15(23)24)21-8-2-7-19-21/h1-4,7-8H,5-6,9-10H2,(H,23,24). The minimum atomic E-state index is -1.19. The number of hydrogen-bond acceptors (Lipinski definition) is 3. The van der Waals surface area contributed by atoms with Crippen molar-refractivity contribution < 1.29 is 19.1 Å². The summed E-state index contributed by atoms with van der Waals surface area (Å²) in [6.45, 7) is 0.383. The summed E-state index contributed by atoms with van der Waals surface area (Å²) in [7, 11) is 0. The van der Waals surface area contributed by atoms with Crippen LogP contribution in [0.1, 0.15) is 23.2 Å². The first-order valence-electron chi connectivity index (χ1n) is 7.42. The van der Waals surface area contributed by atoms with Gasteiger partial charge in [-0.15, -0.1) is 0 Å². The highest BCUT2D eigenvalue weighted by atomic mass is 35.5. The normalized spacial score (nSPS) is 16.8. The van der Waals surface area contributed by atoms with Crippen molar-refractivity contribution in [3.8, 4) is 0 Å². The lowest BCUT2D eigenvalue weighted by molar-refractivity contribution is -0.150. The van der Waals surface area contributed by atoms with Crippen LogP contribution in [-0.2, 0) is 10.3 Å². The Kier molecular flexibility index (Phi) is 4.28. The third kappa shape index (κ3) is 2.65. The quantitative estimate of drug-likeness (QED) is 0.921. The molecule has 8 heteroatoms. The molecule has 1 saturated heterocycles. The number of carbonyl (C=O) groups excluding carboxylic acids is 1. The molecule has 0 unspecified atom stereocenters. The third-order valence-corrected chi connectivity index (χ3v) is 4.69. The molecule has 3 rings (SSSR count). The van der Waals surface area contributed by atoms with Crippen LogP contribution in [0.2, 0.25) is 5.02 Å². The lowest BCUT2D eigenvalue weighted by Crippen LogP contribution is -2.52. The molecule has 0 aliphatic carbocycles. The third-order valence-electron chi connectivity index (χ3n) is 4.40. The van der Waals surface area contributed by atoms with Gasteiger partial charge >= 0.3 is 5.97 Å². The van der Waals surface area contributed by atoms with Crippen LogP contribution in [0.3, 0.4) is 0 Å². The van der Waals surface area contributed by atoms with Gasteiger partial charge in [-0.2, -0.15) is 5.10 Å². The number of benzene rings is 1. The van der Waals surface area contributed by atoms with Gasteiger partial charge in [-0.1, -0.05) is 17.7 Å². The molecule has 0 spiro atoms. The topological polar surface area (TPSA) is 75.4 Å². The van der Waals surface area contributed by atoms with E-state index in [1.54, 1.807) is 12.3 Å². The van der Waals surface area contributed by atoms with Gasteiger partial charge in [-0.25, -0.2) is 9.18 Å². The maximum atomic E-state index is 14.0. The van der Waals surface area contributed by atoms with Crippen molar-refractivity contribution >= 4 is 23.5 Å². The highest BCUT2D eigenvalue weighted by molar-refractivity contribution is 6.31. The number of piperidine rings is 1. The zero-order valence-electron chi connectivity index (χ0n) is 12.7. The molecule has 126 valence electrons. The fourth-order valence-corrected chi connectivity index (χ4v) is 3.16. The molecule has 1 aliphatic rings. The molecule has 1 aromatic heterocycles. The molecule has 2 aromatic rings. The Hall–Kier alpha value is -2.41. The van der Waals surface area contributed by atoms with E-state index in [0.717, 1.165) is 0 Å². The first-order chi connectivity index (χ1) is 11.5. The summed E-state index contributed by atoms with van der Waals surface area (Å²) in [5, 5.41) is 13.6. The summed E-state index contributed by atoms with van der Waals surface area (Å²) < 4.78 is 15.4. The second kappa shape index (κ2) is 6.24. The van der Waals surface area contributed by atoms with E-state index in [1.165, 1.54) is 34.0 Å². The lowest BCUT2D eigenvalue weighted by atomic mass is 9.87. The second-order valence-corrected chi connectivity index (χ2v) is 6.09. The number of hydrogen-bond donors (Lipinski definition) is 1. The summed E-state index contributed by atoms with van der Waals surface area (Å²) in [5.74, 6) is -2.24. The number of aliphatic carboxylic acids is 1. The molecule has 6 nitrogen and oxygen atoms in total. The molecule has 1 amide bonds. The van der Waals surface area contributed by atoms with E-state index < -0.39 is 23.2 Å². The van der Waals surface area contributed by atoms with Crippen molar-refractivity contribution in [3.05, 3.63) is 53.1 Å². The number of rotatable bonds is 3. The number of carbonyl (C=O) groups is 2. The highest BCUT2D eigenvalue weighted by Gasteiger charge is 2.45. The Morgan fingerprint density at radius 3 is 2.54 bits per heavy atom. The summed E-state index contributed by atoms with van der Waals surface area (Å²) in [5.41, 5.74) is -1.29. The van der Waals surface area contributed by atoms with E-state index in [-0.39, 0.29) is 36.5 Å². The molecule has 1 N–H and O–H groups in total. The number of carboxylic acids is 1. The van der Waals surface area contributed by atoms with Crippen molar-refractivity contribution in [1.82, 2.24) is 14.7 Å². The number of halogens is 2. The zero-order valence-corrected chi connectivity index (χ0v) is 13.4. The van der Waals surface area contributed by atoms with Crippen molar-refractivity contribution in [3.63, 3.8) is 0 Å². The SMILES string of the molecule is O=C(c1cccc(Cl)c1F)N1CCC(C(=O)O)(n2cccn2)CC1. The zero-order chi connectivity index (χ0) is 17.3. The second-order valence-electron chi connectivity index (χ2n) is 5.68. The number of carboxylic acid groups (broad SMARTS) is 1. The van der Waals surface area contributed by atoms with Crippen molar-refractivity contribution in [2.75, 3.05) is 13.1 Å². The van der Waals surface area contributed by atoms with Gasteiger partial charge < -0.3 is 10.0 Å². The smallest absolute Gasteiger partial charge is 0.331 e. The predicted octanol–water partition coefficient (Wildman–Crippen LogP) is 2.39. The Labute approximate surface area is 142 Å². The number of likely N-dealkylation sites (tertiary alicyclic amines) is 1. The van der Waals surface area contributed by atoms with Crippen LogP contribution >= 0.6 is 11.6 Å². The summed E-state index contributed by atoms with van der Waals surface area (Å²) >= 11 is 5.72. The van der Waals surface area contributed by atoms with Gasteiger partial charge in [0.05, 0.1) is 10.6 Å². The molecular formula is C16H15ClFN3O3. The van der Waals surface area contributed by atoms with Crippen molar-refractivity contribution in [2.45, 2.75) is 18.4 Å². The molecule has 24 heavy (non-hydrogen) atoms. The van der Waals surface area contributed by atoms with Crippen LogP contribution in [0, 0.1) is 5.82 Å². The van der Waals surface area contributed by atoms with E-state index >= 15 is 0 Å². The van der Waals surface area contributed by atoms with Crippen LogP contribution in [0.25, 0.3) is 0 Å². The molecule has 0 atom stereocenters. The summed E-state index contributed by atoms with van der Waals surface area (Å²) in [6, 6.07) is 5.91. The minimum Gasteiger partial charge on any atom is -0.479 e. The molecule has 1 aromatic carbocycles. The van der Waals surface area contributed by atoms with Gasteiger partial charge in [-0.3, -0.25) is 9.48 Å². The van der Waals surface area contributed by atoms with E-state index in [1.807, 2.05) is 0 Å². The van der Waals surface area contributed by atoms with Crippen LogP contribution in [0.4, 0.5) is 4.39 Å². The van der Waals surface area contributed by atoms with Crippen LogP contribution in [0.5, 0.6) is 0 Å². The molecule has 1 fully saturated rings. The molecular weight excluding hydrogens is 337 g/mol. The van der Waals surface area contributed by atoms with Gasteiger partial charge in [0, 0.05) is 38.3 Å². The van der Waals surface area contributed by atoms with Gasteiger partial charge in [0.15, 0.2) is 11.4 Å². The highest BCUT2D eigenvalue weighted by Crippen LogP contribution is 2.31. The van der Waals surface area contributed by atoms with Crippen molar-refractivity contribution in [2.24, 2.45) is 0 Å². The van der Waals surface area contributed by atoms with Gasteiger partial charge in [0.2, 0.25) is 0 Å². The molecule has 0 radical (unpaired) electrons. The minimum absolute atomic E-state index is 0.107. The monoisotopic (exact) mass is 351 g/mol. The maximum Gasteiger partial charge on any atom is 0.331 e. The van der Waals surface area contributed by atoms with E-state index in [2.05, 4.69) is 5.10 Å². The number of amides is 1. The fraction of sp³-hybridized carbons (Fsp3) is 0.312. The average Bonchev–Trinajstić information content (AvgIpc) is 3.11. The van der Waals surface area contributed by atoms with Crippen LogP contribution < -0.4 is 0 Å². The maximum absolute atomic E-state index is 14.0. The van der Waals surface area contributed by atoms with Gasteiger partial charge in [-0.05, 0) is 18.2 Å². The van der Waals surface area contributed by atoms with E-state index in [4.69, 9.17) is 11.6 Å². The molecule has 2 heterocycles. The van der Waals surface area contributed by atoms with E-state index in [0.29, 0.717) is 0 Å². The Morgan fingerprint density at radius 1 is 1.25 bits per heavy atom. The Bertz CT molecular complexity index is 771. The largest absolute Gasteiger partial charge is 0.479 e. The molecule has 1 aliphatic heterocycles. The number of nitrogens with zero attached hydrogens (tertiary/aromatic N) is 3. The Morgan fingerprint density at radius 2 is 1.96 bits per heavy atom. The predicted molar refractivity (Wildman–Crippen MR) is 84.4 cm³/mol. The Balaban J connectivity index is 1.80. The molecule has 0 saturated carbocycles. The number of aromatic nitrogens is 2. The first kappa shape index (κ1) is 16.4. The van der Waals surface area contributed by atoms with Gasteiger partial charge in [0.1, 0.15) is 0 Å². The summed E-state index contributed by atoms with van der Waals surface area (Å²) in [6.07, 6.45) is 3.50. The van der Waals surface area contributed by atoms with E-state index in [9.17, 15) is 19.1 Å². The lowest BCUT2D eigenvalue weighted by Gasteiger charge is -2.39. The average molecular weight is 352 g/mol. The van der Waals surface area contributed by atoms with Crippen LogP contribution in [0.15, 0.2) is 36.7 Å². The first-order valence-corrected chi connectivity index (χ1v) is 7.80. The van der Waals surface area contributed by atoms with Gasteiger partial charge in [0.25, 0.3) is 5.91 Å². The fourth-order valence-electron chi connectivity index (χ4n) is 2.98. The summed E-state index contributed by atoms with van der Waals surface area (Å²) in [4.78, 5) is 25.7.